The molecule has 0 aliphatic carbocycles. The lowest BCUT2D eigenvalue weighted by atomic mass is 9.99. The van der Waals surface area contributed by atoms with Gasteiger partial charge in [-0.3, -0.25) is 4.79 Å². The van der Waals surface area contributed by atoms with E-state index >= 15 is 0 Å². The number of carbonyl (C=O) groups excluding carboxylic acids is 1. The lowest BCUT2D eigenvalue weighted by Crippen LogP contribution is -2.51. The molecular weight excluding hydrogens is 363 g/mol. The quantitative estimate of drug-likeness (QED) is 0.694. The molecule has 1 aliphatic rings. The zero-order valence-electron chi connectivity index (χ0n) is 15.1. The van der Waals surface area contributed by atoms with Crippen LogP contribution in [0.4, 0.5) is 0 Å². The Morgan fingerprint density at radius 1 is 1.44 bits per heavy atom. The van der Waals surface area contributed by atoms with Gasteiger partial charge in [0.05, 0.1) is 18.7 Å². The van der Waals surface area contributed by atoms with Gasteiger partial charge >= 0.3 is 0 Å². The van der Waals surface area contributed by atoms with Gasteiger partial charge in [-0.25, -0.2) is 0 Å². The first-order valence-corrected chi connectivity index (χ1v) is 8.99. The number of piperidine rings is 1. The Kier molecular flexibility index (Phi) is 9.39. The number of ether oxygens (including phenoxy) is 2. The van der Waals surface area contributed by atoms with E-state index in [0.29, 0.717) is 28.7 Å². The van der Waals surface area contributed by atoms with E-state index in [1.807, 2.05) is 0 Å². The highest BCUT2D eigenvalue weighted by atomic mass is 35.5. The number of rotatable bonds is 7. The van der Waals surface area contributed by atoms with Crippen molar-refractivity contribution in [2.45, 2.75) is 51.6 Å². The Balaban J connectivity index is 0.00000312. The van der Waals surface area contributed by atoms with E-state index in [-0.39, 0.29) is 30.4 Å². The third-order valence-electron chi connectivity index (χ3n) is 4.31. The second kappa shape index (κ2) is 10.7. The highest BCUT2D eigenvalue weighted by Gasteiger charge is 2.24. The maximum absolute atomic E-state index is 12.6. The molecule has 0 saturated carbocycles. The lowest BCUT2D eigenvalue weighted by Gasteiger charge is -2.30. The zero-order chi connectivity index (χ0) is 17.5. The highest BCUT2D eigenvalue weighted by Crippen LogP contribution is 2.36. The van der Waals surface area contributed by atoms with Gasteiger partial charge in [-0.2, -0.15) is 0 Å². The summed E-state index contributed by atoms with van der Waals surface area (Å²) >= 11 is 6.31. The first kappa shape index (κ1) is 21.9. The van der Waals surface area contributed by atoms with Crippen molar-refractivity contribution >= 4 is 29.9 Å². The standard InChI is InChI=1S/C18H27ClN2O3.ClH/c1-4-5-9-24-17-14(19)10-13(11-16(17)23-3)18(22)21-15-7-6-8-20-12(15)2;/h10-12,15,20H,4-9H2,1-3H3,(H,21,22);1H. The van der Waals surface area contributed by atoms with Gasteiger partial charge in [-0.15, -0.1) is 12.4 Å². The van der Waals surface area contributed by atoms with Crippen LogP contribution in [0.15, 0.2) is 12.1 Å². The minimum Gasteiger partial charge on any atom is -0.493 e. The average molecular weight is 391 g/mol. The van der Waals surface area contributed by atoms with Crippen LogP contribution in [0, 0.1) is 0 Å². The first-order chi connectivity index (χ1) is 11.6. The second-order valence-electron chi connectivity index (χ2n) is 6.16. The van der Waals surface area contributed by atoms with Gasteiger partial charge in [0.1, 0.15) is 0 Å². The Morgan fingerprint density at radius 3 is 2.84 bits per heavy atom. The summed E-state index contributed by atoms with van der Waals surface area (Å²) in [7, 11) is 1.55. The van der Waals surface area contributed by atoms with Crippen LogP contribution in [-0.4, -0.2) is 38.3 Å². The van der Waals surface area contributed by atoms with E-state index < -0.39 is 0 Å². The minimum absolute atomic E-state index is 0. The summed E-state index contributed by atoms with van der Waals surface area (Å²) in [6.07, 6.45) is 4.01. The van der Waals surface area contributed by atoms with Crippen molar-refractivity contribution in [1.29, 1.82) is 0 Å². The number of carbonyl (C=O) groups is 1. The molecule has 0 radical (unpaired) electrons. The predicted octanol–water partition coefficient (Wildman–Crippen LogP) is 3.82. The van der Waals surface area contributed by atoms with Gasteiger partial charge in [0.25, 0.3) is 5.91 Å². The minimum atomic E-state index is -0.143. The number of benzene rings is 1. The summed E-state index contributed by atoms with van der Waals surface area (Å²) in [5.74, 6) is 0.839. The van der Waals surface area contributed by atoms with Crippen molar-refractivity contribution in [2.75, 3.05) is 20.3 Å². The number of methoxy groups -OCH3 is 1. The fourth-order valence-corrected chi connectivity index (χ4v) is 3.07. The molecule has 2 unspecified atom stereocenters. The summed E-state index contributed by atoms with van der Waals surface area (Å²) in [6, 6.07) is 3.71. The monoisotopic (exact) mass is 390 g/mol. The topological polar surface area (TPSA) is 59.6 Å². The molecule has 142 valence electrons. The van der Waals surface area contributed by atoms with E-state index in [4.69, 9.17) is 21.1 Å². The largest absolute Gasteiger partial charge is 0.493 e. The van der Waals surface area contributed by atoms with Gasteiger partial charge in [-0.05, 0) is 44.9 Å². The molecule has 1 heterocycles. The molecule has 1 amide bonds. The Hall–Kier alpha value is -1.17. The predicted molar refractivity (Wildman–Crippen MR) is 104 cm³/mol. The third-order valence-corrected chi connectivity index (χ3v) is 4.59. The Morgan fingerprint density at radius 2 is 2.20 bits per heavy atom. The maximum Gasteiger partial charge on any atom is 0.251 e. The van der Waals surface area contributed by atoms with Gasteiger partial charge in [0, 0.05) is 17.6 Å². The van der Waals surface area contributed by atoms with Crippen LogP contribution in [0.25, 0.3) is 0 Å². The second-order valence-corrected chi connectivity index (χ2v) is 6.56. The molecule has 1 fully saturated rings. The van der Waals surface area contributed by atoms with E-state index in [2.05, 4.69) is 24.5 Å². The molecule has 1 saturated heterocycles. The number of hydrogen-bond acceptors (Lipinski definition) is 4. The smallest absolute Gasteiger partial charge is 0.251 e. The zero-order valence-corrected chi connectivity index (χ0v) is 16.6. The molecule has 1 aromatic rings. The molecule has 1 aromatic carbocycles. The molecule has 2 atom stereocenters. The summed E-state index contributed by atoms with van der Waals surface area (Å²) < 4.78 is 11.1. The molecule has 2 rings (SSSR count). The van der Waals surface area contributed by atoms with Crippen LogP contribution >= 0.6 is 24.0 Å². The molecule has 0 bridgehead atoms. The van der Waals surface area contributed by atoms with Crippen LogP contribution in [0.1, 0.15) is 49.9 Å². The van der Waals surface area contributed by atoms with Crippen molar-refractivity contribution < 1.29 is 14.3 Å². The number of hydrogen-bond donors (Lipinski definition) is 2. The first-order valence-electron chi connectivity index (χ1n) is 8.61. The van der Waals surface area contributed by atoms with Crippen molar-refractivity contribution in [2.24, 2.45) is 0 Å². The SMILES string of the molecule is CCCCOc1c(Cl)cc(C(=O)NC2CCCNC2C)cc1OC.Cl. The fourth-order valence-electron chi connectivity index (χ4n) is 2.80. The van der Waals surface area contributed by atoms with Crippen LogP contribution < -0.4 is 20.1 Å². The maximum atomic E-state index is 12.6. The van der Waals surface area contributed by atoms with Crippen molar-refractivity contribution in [1.82, 2.24) is 10.6 Å². The third kappa shape index (κ3) is 5.94. The number of nitrogens with one attached hydrogen (secondary N) is 2. The summed E-state index contributed by atoms with van der Waals surface area (Å²) in [6.45, 7) is 5.75. The van der Waals surface area contributed by atoms with Crippen LogP contribution in [0.3, 0.4) is 0 Å². The van der Waals surface area contributed by atoms with Crippen molar-refractivity contribution in [3.8, 4) is 11.5 Å². The Labute approximate surface area is 161 Å². The number of unbranched alkanes of at least 4 members (excludes halogenated alkanes) is 1. The van der Waals surface area contributed by atoms with Gasteiger partial charge < -0.3 is 20.1 Å². The van der Waals surface area contributed by atoms with Gasteiger partial charge in [0.15, 0.2) is 11.5 Å². The molecule has 1 aliphatic heterocycles. The molecule has 0 aromatic heterocycles. The normalized spacial score (nSPS) is 19.7. The van der Waals surface area contributed by atoms with E-state index in [0.717, 1.165) is 32.2 Å². The van der Waals surface area contributed by atoms with Crippen LogP contribution in [0.5, 0.6) is 11.5 Å². The summed E-state index contributed by atoms with van der Waals surface area (Å²) in [4.78, 5) is 12.6. The van der Waals surface area contributed by atoms with E-state index in [9.17, 15) is 4.79 Å². The number of amides is 1. The highest BCUT2D eigenvalue weighted by molar-refractivity contribution is 6.32. The molecule has 5 nitrogen and oxygen atoms in total. The summed E-state index contributed by atoms with van der Waals surface area (Å²) in [5.41, 5.74) is 0.484. The van der Waals surface area contributed by atoms with Gasteiger partial charge in [-0.1, -0.05) is 24.9 Å². The summed E-state index contributed by atoms with van der Waals surface area (Å²) in [5, 5.41) is 6.85. The molecule has 25 heavy (non-hydrogen) atoms. The average Bonchev–Trinajstić information content (AvgIpc) is 2.58. The number of halogens is 2. The van der Waals surface area contributed by atoms with Crippen LogP contribution in [-0.2, 0) is 0 Å². The molecule has 0 spiro atoms. The van der Waals surface area contributed by atoms with E-state index in [1.165, 1.54) is 0 Å². The van der Waals surface area contributed by atoms with E-state index in [1.54, 1.807) is 19.2 Å². The molecule has 7 heteroatoms. The Bertz CT molecular complexity index is 569. The van der Waals surface area contributed by atoms with Crippen molar-refractivity contribution in [3.63, 3.8) is 0 Å². The molecular formula is C18H28Cl2N2O3. The van der Waals surface area contributed by atoms with Crippen LogP contribution in [0.2, 0.25) is 5.02 Å². The van der Waals surface area contributed by atoms with Gasteiger partial charge in [0.2, 0.25) is 0 Å². The lowest BCUT2D eigenvalue weighted by molar-refractivity contribution is 0.0919. The molecule has 2 N–H and O–H groups in total. The fraction of sp³-hybridized carbons (Fsp3) is 0.611. The van der Waals surface area contributed by atoms with Crippen molar-refractivity contribution in [3.05, 3.63) is 22.7 Å².